The summed E-state index contributed by atoms with van der Waals surface area (Å²) < 4.78 is 0. The molecule has 0 unspecified atom stereocenters. The highest BCUT2D eigenvalue weighted by Crippen LogP contribution is 2.30. The molecule has 0 aliphatic heterocycles. The molecule has 0 radical (unpaired) electrons. The van der Waals surface area contributed by atoms with E-state index >= 15 is 0 Å². The van der Waals surface area contributed by atoms with Crippen molar-refractivity contribution in [2.45, 2.75) is 13.2 Å². The average molecular weight is 238 g/mol. The van der Waals surface area contributed by atoms with Crippen LogP contribution in [0.1, 0.15) is 11.1 Å². The molecule has 2 nitrogen and oxygen atoms in total. The Bertz CT molecular complexity index is 717. The lowest BCUT2D eigenvalue weighted by molar-refractivity contribution is 0.282. The van der Waals surface area contributed by atoms with Crippen molar-refractivity contribution in [2.75, 3.05) is 0 Å². The highest BCUT2D eigenvalue weighted by molar-refractivity contribution is 6.03. The third-order valence-corrected chi connectivity index (χ3v) is 3.44. The van der Waals surface area contributed by atoms with Gasteiger partial charge in [-0.15, -0.1) is 0 Å². The summed E-state index contributed by atoms with van der Waals surface area (Å²) in [5, 5.41) is 23.2. The van der Waals surface area contributed by atoms with Gasteiger partial charge >= 0.3 is 0 Å². The van der Waals surface area contributed by atoms with Gasteiger partial charge in [0, 0.05) is 0 Å². The van der Waals surface area contributed by atoms with Crippen LogP contribution < -0.4 is 0 Å². The Morgan fingerprint density at radius 1 is 0.722 bits per heavy atom. The van der Waals surface area contributed by atoms with E-state index in [1.807, 2.05) is 42.5 Å². The van der Waals surface area contributed by atoms with Crippen LogP contribution in [0.5, 0.6) is 0 Å². The predicted molar refractivity (Wildman–Crippen MR) is 73.3 cm³/mol. The van der Waals surface area contributed by atoms with E-state index < -0.39 is 0 Å². The zero-order valence-corrected chi connectivity index (χ0v) is 9.93. The molecule has 0 aromatic heterocycles. The van der Waals surface area contributed by atoms with Gasteiger partial charge in [-0.25, -0.2) is 0 Å². The van der Waals surface area contributed by atoms with Crippen molar-refractivity contribution < 1.29 is 10.2 Å². The molecule has 3 aromatic carbocycles. The topological polar surface area (TPSA) is 40.5 Å². The van der Waals surface area contributed by atoms with Crippen LogP contribution in [0.15, 0.2) is 48.5 Å². The molecule has 90 valence electrons. The normalized spacial score (nSPS) is 11.2. The van der Waals surface area contributed by atoms with E-state index in [1.165, 1.54) is 0 Å². The Balaban J connectivity index is 2.53. The van der Waals surface area contributed by atoms with Crippen molar-refractivity contribution >= 4 is 21.5 Å². The maximum Gasteiger partial charge on any atom is 0.0693 e. The Morgan fingerprint density at radius 3 is 2.28 bits per heavy atom. The summed E-state index contributed by atoms with van der Waals surface area (Å²) in [5.74, 6) is 0. The molecular formula is C16H14O2. The van der Waals surface area contributed by atoms with Crippen molar-refractivity contribution in [3.05, 3.63) is 59.7 Å². The molecule has 0 fully saturated rings. The molecule has 0 aliphatic carbocycles. The number of hydrogen-bond acceptors (Lipinski definition) is 2. The minimum Gasteiger partial charge on any atom is -0.392 e. The molecule has 3 aromatic rings. The van der Waals surface area contributed by atoms with Gasteiger partial charge < -0.3 is 10.2 Å². The van der Waals surface area contributed by atoms with Gasteiger partial charge in [0.1, 0.15) is 0 Å². The number of benzene rings is 3. The fraction of sp³-hybridized carbons (Fsp3) is 0.125. The first-order valence-corrected chi connectivity index (χ1v) is 5.99. The number of hydrogen-bond donors (Lipinski definition) is 2. The van der Waals surface area contributed by atoms with Crippen molar-refractivity contribution in [1.29, 1.82) is 0 Å². The molecule has 0 bridgehead atoms. The molecule has 0 saturated heterocycles. The van der Waals surface area contributed by atoms with Crippen LogP contribution in [0.3, 0.4) is 0 Å². The summed E-state index contributed by atoms with van der Waals surface area (Å²) in [6.07, 6.45) is 0. The van der Waals surface area contributed by atoms with Gasteiger partial charge in [-0.1, -0.05) is 42.5 Å². The van der Waals surface area contributed by atoms with Crippen LogP contribution in [0.4, 0.5) is 0 Å². The lowest BCUT2D eigenvalue weighted by atomic mass is 9.95. The largest absolute Gasteiger partial charge is 0.392 e. The Morgan fingerprint density at radius 2 is 1.50 bits per heavy atom. The lowest BCUT2D eigenvalue weighted by Crippen LogP contribution is -1.92. The molecule has 0 aliphatic rings. The highest BCUT2D eigenvalue weighted by Gasteiger charge is 2.08. The van der Waals surface area contributed by atoms with Crippen LogP contribution in [-0.2, 0) is 13.2 Å². The highest BCUT2D eigenvalue weighted by atomic mass is 16.3. The van der Waals surface area contributed by atoms with Gasteiger partial charge in [-0.05, 0) is 38.7 Å². The number of rotatable bonds is 2. The predicted octanol–water partition coefficient (Wildman–Crippen LogP) is 2.98. The first-order chi connectivity index (χ1) is 8.85. The quantitative estimate of drug-likeness (QED) is 0.674. The van der Waals surface area contributed by atoms with Crippen LogP contribution in [0.25, 0.3) is 21.5 Å². The van der Waals surface area contributed by atoms with Crippen LogP contribution in [0.2, 0.25) is 0 Å². The second-order valence-corrected chi connectivity index (χ2v) is 4.40. The molecule has 0 saturated carbocycles. The molecule has 0 heterocycles. The maximum absolute atomic E-state index is 9.63. The molecule has 0 amide bonds. The zero-order valence-electron chi connectivity index (χ0n) is 9.93. The van der Waals surface area contributed by atoms with Crippen LogP contribution in [-0.4, -0.2) is 10.2 Å². The van der Waals surface area contributed by atoms with Crippen molar-refractivity contribution in [2.24, 2.45) is 0 Å². The van der Waals surface area contributed by atoms with Gasteiger partial charge in [0.2, 0.25) is 0 Å². The van der Waals surface area contributed by atoms with Gasteiger partial charge in [0.05, 0.1) is 13.2 Å². The molecule has 2 heteroatoms. The number of aliphatic hydroxyl groups is 2. The second-order valence-electron chi connectivity index (χ2n) is 4.40. The van der Waals surface area contributed by atoms with E-state index in [0.29, 0.717) is 0 Å². The smallest absolute Gasteiger partial charge is 0.0693 e. The number of aliphatic hydroxyl groups excluding tert-OH is 2. The molecule has 0 spiro atoms. The Kier molecular flexibility index (Phi) is 2.74. The average Bonchev–Trinajstić information content (AvgIpc) is 2.44. The lowest BCUT2D eigenvalue weighted by Gasteiger charge is -2.11. The molecule has 2 N–H and O–H groups in total. The van der Waals surface area contributed by atoms with Gasteiger partial charge in [-0.3, -0.25) is 0 Å². The zero-order chi connectivity index (χ0) is 12.5. The Labute approximate surface area is 105 Å². The third-order valence-electron chi connectivity index (χ3n) is 3.44. The second kappa shape index (κ2) is 4.41. The van der Waals surface area contributed by atoms with Crippen LogP contribution in [0, 0.1) is 0 Å². The van der Waals surface area contributed by atoms with Gasteiger partial charge in [0.15, 0.2) is 0 Å². The van der Waals surface area contributed by atoms with Crippen molar-refractivity contribution in [3.8, 4) is 0 Å². The molecule has 3 rings (SSSR count). The first kappa shape index (κ1) is 11.2. The first-order valence-electron chi connectivity index (χ1n) is 5.99. The third kappa shape index (κ3) is 1.58. The summed E-state index contributed by atoms with van der Waals surface area (Å²) in [7, 11) is 0. The summed E-state index contributed by atoms with van der Waals surface area (Å²) in [6, 6.07) is 15.9. The Hall–Kier alpha value is -1.90. The van der Waals surface area contributed by atoms with E-state index in [9.17, 15) is 10.2 Å². The van der Waals surface area contributed by atoms with Crippen molar-refractivity contribution in [1.82, 2.24) is 0 Å². The summed E-state index contributed by atoms with van der Waals surface area (Å²) in [4.78, 5) is 0. The van der Waals surface area contributed by atoms with E-state index in [2.05, 4.69) is 6.07 Å². The van der Waals surface area contributed by atoms with Gasteiger partial charge in [-0.2, -0.15) is 0 Å². The van der Waals surface area contributed by atoms with E-state index in [4.69, 9.17) is 0 Å². The van der Waals surface area contributed by atoms with Crippen LogP contribution >= 0.6 is 0 Å². The van der Waals surface area contributed by atoms with E-state index in [1.54, 1.807) is 0 Å². The fourth-order valence-electron chi connectivity index (χ4n) is 2.55. The monoisotopic (exact) mass is 238 g/mol. The maximum atomic E-state index is 9.63. The number of fused-ring (bicyclic) bond motifs is 2. The standard InChI is InChI=1S/C16H14O2/c17-9-12-5-3-7-14-15(12)8-11-4-1-2-6-13(11)16(14)10-18/h1-8,17-18H,9-10H2. The molecule has 0 atom stereocenters. The van der Waals surface area contributed by atoms with E-state index in [0.717, 1.165) is 32.7 Å². The van der Waals surface area contributed by atoms with Crippen molar-refractivity contribution in [3.63, 3.8) is 0 Å². The molecule has 18 heavy (non-hydrogen) atoms. The summed E-state index contributed by atoms with van der Waals surface area (Å²) >= 11 is 0. The SMILES string of the molecule is OCc1cccc2c(CO)c3ccccc3cc12. The van der Waals surface area contributed by atoms with E-state index in [-0.39, 0.29) is 13.2 Å². The summed E-state index contributed by atoms with van der Waals surface area (Å²) in [5.41, 5.74) is 1.83. The summed E-state index contributed by atoms with van der Waals surface area (Å²) in [6.45, 7) is 0.0211. The minimum atomic E-state index is 0.00668. The minimum absolute atomic E-state index is 0.00668. The fourth-order valence-corrected chi connectivity index (χ4v) is 2.55. The molecular weight excluding hydrogens is 224 g/mol. The van der Waals surface area contributed by atoms with Gasteiger partial charge in [0.25, 0.3) is 0 Å².